The maximum atomic E-state index is 4.78. The van der Waals surface area contributed by atoms with Crippen LogP contribution in [0, 0.1) is 6.92 Å². The van der Waals surface area contributed by atoms with Gasteiger partial charge in [-0.15, -0.1) is 5.10 Å². The largest absolute Gasteiger partial charge is 0.364 e. The zero-order valence-electron chi connectivity index (χ0n) is 16.2. The molecule has 0 saturated carbocycles. The molecule has 0 aliphatic heterocycles. The van der Waals surface area contributed by atoms with Crippen LogP contribution in [0.3, 0.4) is 0 Å². The van der Waals surface area contributed by atoms with E-state index in [2.05, 4.69) is 65.9 Å². The second-order valence-electron chi connectivity index (χ2n) is 6.42. The summed E-state index contributed by atoms with van der Waals surface area (Å²) in [6, 6.07) is 12.5. The smallest absolute Gasteiger partial charge is 0.254 e. The van der Waals surface area contributed by atoms with E-state index in [4.69, 9.17) is 10.1 Å². The van der Waals surface area contributed by atoms with Crippen LogP contribution in [0.15, 0.2) is 36.4 Å². The van der Waals surface area contributed by atoms with Crippen LogP contribution in [0.1, 0.15) is 38.7 Å². The van der Waals surface area contributed by atoms with Crippen LogP contribution in [0.2, 0.25) is 0 Å². The minimum absolute atomic E-state index is 0.673. The third-order valence-electron chi connectivity index (χ3n) is 4.50. The fourth-order valence-electron chi connectivity index (χ4n) is 3.23. The molecule has 0 bridgehead atoms. The number of aryl methyl sites for hydroxylation is 1. The summed E-state index contributed by atoms with van der Waals surface area (Å²) in [7, 11) is 0. The van der Waals surface area contributed by atoms with Crippen LogP contribution < -0.4 is 9.80 Å². The molecule has 0 amide bonds. The molecule has 3 aromatic rings. The second kappa shape index (κ2) is 8.17. The average molecular weight is 352 g/mol. The summed E-state index contributed by atoms with van der Waals surface area (Å²) in [4.78, 5) is 13.9. The van der Waals surface area contributed by atoms with Crippen molar-refractivity contribution in [3.05, 3.63) is 47.9 Å². The van der Waals surface area contributed by atoms with Gasteiger partial charge in [0.25, 0.3) is 5.78 Å². The number of rotatable bonds is 8. The molecule has 6 heteroatoms. The number of fused-ring (bicyclic) bond motifs is 1. The van der Waals surface area contributed by atoms with Crippen LogP contribution in [-0.4, -0.2) is 39.2 Å². The van der Waals surface area contributed by atoms with Crippen molar-refractivity contribution in [2.75, 3.05) is 29.4 Å². The maximum absolute atomic E-state index is 4.78. The van der Waals surface area contributed by atoms with Gasteiger partial charge in [-0.05, 0) is 39.3 Å². The number of anilines is 2. The zero-order chi connectivity index (χ0) is 18.5. The van der Waals surface area contributed by atoms with Crippen molar-refractivity contribution in [2.24, 2.45) is 0 Å². The number of hydrogen-bond acceptors (Lipinski definition) is 5. The first-order chi connectivity index (χ1) is 12.7. The lowest BCUT2D eigenvalue weighted by molar-refractivity contribution is 0.727. The van der Waals surface area contributed by atoms with E-state index in [0.29, 0.717) is 12.3 Å². The lowest BCUT2D eigenvalue weighted by Crippen LogP contribution is -2.25. The van der Waals surface area contributed by atoms with E-state index in [0.717, 1.165) is 43.4 Å². The Morgan fingerprint density at radius 1 is 0.962 bits per heavy atom. The Labute approximate surface area is 155 Å². The summed E-state index contributed by atoms with van der Waals surface area (Å²) >= 11 is 0. The first-order valence-corrected chi connectivity index (χ1v) is 9.44. The van der Waals surface area contributed by atoms with Gasteiger partial charge in [0.1, 0.15) is 5.82 Å². The standard InChI is InChI=1S/C20H28N6/c1-5-13-25(17-11-9-8-10-12-17)15-18-22-20-21-16(4)14-19(26(20)23-18)24(6-2)7-3/h8-12,14H,5-7,13,15H2,1-4H3. The Kier molecular flexibility index (Phi) is 5.71. The van der Waals surface area contributed by atoms with Gasteiger partial charge in [0.05, 0.1) is 6.54 Å². The predicted octanol–water partition coefficient (Wildman–Crippen LogP) is 3.70. The van der Waals surface area contributed by atoms with Gasteiger partial charge in [0.2, 0.25) is 0 Å². The minimum Gasteiger partial charge on any atom is -0.364 e. The topological polar surface area (TPSA) is 49.6 Å². The molecule has 0 aliphatic rings. The van der Waals surface area contributed by atoms with Crippen LogP contribution >= 0.6 is 0 Å². The Morgan fingerprint density at radius 3 is 2.35 bits per heavy atom. The van der Waals surface area contributed by atoms with Crippen molar-refractivity contribution in [2.45, 2.75) is 40.7 Å². The van der Waals surface area contributed by atoms with Crippen molar-refractivity contribution in [1.82, 2.24) is 19.6 Å². The van der Waals surface area contributed by atoms with Gasteiger partial charge in [-0.25, -0.2) is 4.98 Å². The van der Waals surface area contributed by atoms with Crippen molar-refractivity contribution in [1.29, 1.82) is 0 Å². The van der Waals surface area contributed by atoms with Gasteiger partial charge in [0.15, 0.2) is 5.82 Å². The molecule has 0 fully saturated rings. The number of para-hydroxylation sites is 1. The fraction of sp³-hybridized carbons (Fsp3) is 0.450. The molecule has 0 saturated heterocycles. The summed E-state index contributed by atoms with van der Waals surface area (Å²) in [6.45, 7) is 12.0. The average Bonchev–Trinajstić information content (AvgIpc) is 3.05. The Balaban J connectivity index is 1.96. The number of benzene rings is 1. The van der Waals surface area contributed by atoms with Crippen molar-refractivity contribution >= 4 is 17.3 Å². The monoisotopic (exact) mass is 352 g/mol. The summed E-state index contributed by atoms with van der Waals surface area (Å²) in [6.07, 6.45) is 1.07. The molecule has 0 unspecified atom stereocenters. The Hall–Kier alpha value is -2.63. The van der Waals surface area contributed by atoms with E-state index < -0.39 is 0 Å². The van der Waals surface area contributed by atoms with E-state index in [1.165, 1.54) is 5.69 Å². The highest BCUT2D eigenvalue weighted by atomic mass is 15.4. The van der Waals surface area contributed by atoms with Crippen LogP contribution in [-0.2, 0) is 6.54 Å². The molecule has 0 atom stereocenters. The third-order valence-corrected chi connectivity index (χ3v) is 4.50. The van der Waals surface area contributed by atoms with E-state index in [1.54, 1.807) is 0 Å². The zero-order valence-corrected chi connectivity index (χ0v) is 16.2. The van der Waals surface area contributed by atoms with Gasteiger partial charge in [-0.2, -0.15) is 9.50 Å². The van der Waals surface area contributed by atoms with Crippen molar-refractivity contribution in [3.63, 3.8) is 0 Å². The molecule has 0 N–H and O–H groups in total. The number of nitrogens with zero attached hydrogens (tertiary/aromatic N) is 6. The maximum Gasteiger partial charge on any atom is 0.254 e. The second-order valence-corrected chi connectivity index (χ2v) is 6.42. The lowest BCUT2D eigenvalue weighted by Gasteiger charge is -2.22. The first-order valence-electron chi connectivity index (χ1n) is 9.44. The summed E-state index contributed by atoms with van der Waals surface area (Å²) in [5.41, 5.74) is 2.16. The van der Waals surface area contributed by atoms with E-state index in [1.807, 2.05) is 17.5 Å². The Morgan fingerprint density at radius 2 is 1.69 bits per heavy atom. The molecule has 138 valence electrons. The molecule has 0 aliphatic carbocycles. The normalized spacial score (nSPS) is 11.1. The highest BCUT2D eigenvalue weighted by Crippen LogP contribution is 2.19. The lowest BCUT2D eigenvalue weighted by atomic mass is 10.2. The molecule has 6 nitrogen and oxygen atoms in total. The third kappa shape index (κ3) is 3.79. The highest BCUT2D eigenvalue weighted by molar-refractivity contribution is 5.49. The molecular weight excluding hydrogens is 324 g/mol. The molecule has 2 heterocycles. The van der Waals surface area contributed by atoms with Crippen LogP contribution in [0.5, 0.6) is 0 Å². The van der Waals surface area contributed by atoms with Crippen molar-refractivity contribution < 1.29 is 0 Å². The molecule has 1 aromatic carbocycles. The van der Waals surface area contributed by atoms with E-state index >= 15 is 0 Å². The van der Waals surface area contributed by atoms with Gasteiger partial charge < -0.3 is 9.80 Å². The summed E-state index contributed by atoms with van der Waals surface area (Å²) < 4.78 is 1.88. The Bertz CT molecular complexity index is 838. The quantitative estimate of drug-likeness (QED) is 0.619. The predicted molar refractivity (Wildman–Crippen MR) is 107 cm³/mol. The molecular formula is C20H28N6. The molecule has 0 spiro atoms. The van der Waals surface area contributed by atoms with Gasteiger partial charge in [-0.3, -0.25) is 0 Å². The molecule has 26 heavy (non-hydrogen) atoms. The van der Waals surface area contributed by atoms with E-state index in [-0.39, 0.29) is 0 Å². The summed E-state index contributed by atoms with van der Waals surface area (Å²) in [5, 5.41) is 4.78. The highest BCUT2D eigenvalue weighted by Gasteiger charge is 2.15. The van der Waals surface area contributed by atoms with E-state index in [9.17, 15) is 0 Å². The number of aromatic nitrogens is 4. The minimum atomic E-state index is 0.673. The molecule has 0 radical (unpaired) electrons. The van der Waals surface area contributed by atoms with Gasteiger partial charge >= 0.3 is 0 Å². The molecule has 2 aromatic heterocycles. The number of hydrogen-bond donors (Lipinski definition) is 0. The SMILES string of the molecule is CCCN(Cc1nc2nc(C)cc(N(CC)CC)n2n1)c1ccccc1. The molecule has 3 rings (SSSR count). The first kappa shape index (κ1) is 18.2. The van der Waals surface area contributed by atoms with Gasteiger partial charge in [-0.1, -0.05) is 25.1 Å². The summed E-state index contributed by atoms with van der Waals surface area (Å²) in [5.74, 6) is 2.53. The fourth-order valence-corrected chi connectivity index (χ4v) is 3.23. The van der Waals surface area contributed by atoms with Crippen LogP contribution in [0.4, 0.5) is 11.5 Å². The van der Waals surface area contributed by atoms with Gasteiger partial charge in [0, 0.05) is 37.1 Å². The van der Waals surface area contributed by atoms with Crippen LogP contribution in [0.25, 0.3) is 5.78 Å². The van der Waals surface area contributed by atoms with Crippen molar-refractivity contribution in [3.8, 4) is 0 Å².